The van der Waals surface area contributed by atoms with Crippen LogP contribution in [-0.2, 0) is 6.18 Å². The molecule has 2 fully saturated rings. The van der Waals surface area contributed by atoms with Crippen molar-refractivity contribution < 1.29 is 18.0 Å². The molecule has 8 nitrogen and oxygen atoms in total. The Kier molecular flexibility index (Phi) is 8.06. The summed E-state index contributed by atoms with van der Waals surface area (Å²) in [6.45, 7) is 6.34. The largest absolute Gasteiger partial charge is 0.418 e. The van der Waals surface area contributed by atoms with E-state index in [-0.39, 0.29) is 16.9 Å². The molecule has 0 unspecified atom stereocenters. The van der Waals surface area contributed by atoms with Gasteiger partial charge in [0.25, 0.3) is 5.91 Å². The number of fused-ring (bicyclic) bond motifs is 1. The second kappa shape index (κ2) is 12.1. The first-order valence-electron chi connectivity index (χ1n) is 14.4. The summed E-state index contributed by atoms with van der Waals surface area (Å²) < 4.78 is 44.3. The average Bonchev–Trinajstić information content (AvgIpc) is 3.44. The lowest BCUT2D eigenvalue weighted by molar-refractivity contribution is -0.137. The molecule has 43 heavy (non-hydrogen) atoms. The molecule has 0 atom stereocenters. The van der Waals surface area contributed by atoms with Crippen LogP contribution in [0, 0.1) is 18.8 Å². The van der Waals surface area contributed by atoms with Crippen LogP contribution in [0.2, 0.25) is 0 Å². The fourth-order valence-electron chi connectivity index (χ4n) is 5.76. The number of piperazine rings is 1. The topological polar surface area (TPSA) is 77.8 Å². The van der Waals surface area contributed by atoms with Crippen LogP contribution in [0.15, 0.2) is 60.9 Å². The van der Waals surface area contributed by atoms with Crippen molar-refractivity contribution in [1.29, 1.82) is 0 Å². The number of nitrogens with zero attached hydrogens (tertiary/aromatic N) is 5. The maximum atomic E-state index is 14.2. The highest BCUT2D eigenvalue weighted by Gasteiger charge is 2.36. The number of piperidine rings is 1. The minimum Gasteiger partial charge on any atom is -0.368 e. The Bertz CT molecular complexity index is 1690. The van der Waals surface area contributed by atoms with Crippen LogP contribution in [0.5, 0.6) is 0 Å². The molecule has 1 amide bonds. The van der Waals surface area contributed by atoms with Crippen LogP contribution in [0.3, 0.4) is 0 Å². The van der Waals surface area contributed by atoms with Gasteiger partial charge in [-0.25, -0.2) is 9.50 Å². The normalized spacial score (nSPS) is 16.6. The van der Waals surface area contributed by atoms with Gasteiger partial charge in [0.05, 0.1) is 11.8 Å². The Labute approximate surface area is 247 Å². The van der Waals surface area contributed by atoms with Crippen molar-refractivity contribution >= 4 is 22.9 Å². The smallest absolute Gasteiger partial charge is 0.368 e. The number of halogens is 3. The van der Waals surface area contributed by atoms with Gasteiger partial charge in [0.2, 0.25) is 0 Å². The summed E-state index contributed by atoms with van der Waals surface area (Å²) in [6.07, 6.45) is 0.829. The summed E-state index contributed by atoms with van der Waals surface area (Å²) in [7, 11) is 0. The molecule has 6 rings (SSSR count). The molecule has 0 aliphatic carbocycles. The number of nitrogens with one attached hydrogen (secondary N) is 2. The van der Waals surface area contributed by atoms with Crippen LogP contribution in [0.25, 0.3) is 5.65 Å². The number of amides is 1. The second-order valence-corrected chi connectivity index (χ2v) is 10.9. The van der Waals surface area contributed by atoms with Crippen molar-refractivity contribution in [2.75, 3.05) is 49.5 Å². The van der Waals surface area contributed by atoms with Crippen molar-refractivity contribution in [2.24, 2.45) is 0 Å². The van der Waals surface area contributed by atoms with Crippen LogP contribution in [-0.4, -0.2) is 70.7 Å². The Morgan fingerprint density at radius 1 is 1.02 bits per heavy atom. The highest BCUT2D eigenvalue weighted by molar-refractivity contribution is 6.04. The molecule has 11 heteroatoms. The maximum Gasteiger partial charge on any atom is 0.418 e. The molecule has 0 spiro atoms. The number of aromatic nitrogens is 3. The van der Waals surface area contributed by atoms with Crippen LogP contribution >= 0.6 is 0 Å². The van der Waals surface area contributed by atoms with Gasteiger partial charge in [0.15, 0.2) is 5.65 Å². The van der Waals surface area contributed by atoms with E-state index in [1.54, 1.807) is 46.1 Å². The number of carbonyl (C=O) groups excluding carboxylic acids is 1. The fourth-order valence-corrected chi connectivity index (χ4v) is 5.76. The van der Waals surface area contributed by atoms with Gasteiger partial charge < -0.3 is 15.5 Å². The van der Waals surface area contributed by atoms with Gasteiger partial charge in [0, 0.05) is 60.9 Å². The van der Waals surface area contributed by atoms with E-state index < -0.39 is 17.6 Å². The molecule has 4 aromatic rings. The van der Waals surface area contributed by atoms with E-state index in [1.165, 1.54) is 12.1 Å². The third kappa shape index (κ3) is 6.35. The third-order valence-corrected chi connectivity index (χ3v) is 8.14. The molecule has 0 radical (unpaired) electrons. The van der Waals surface area contributed by atoms with E-state index in [0.717, 1.165) is 50.7 Å². The van der Waals surface area contributed by atoms with Gasteiger partial charge >= 0.3 is 6.18 Å². The molecule has 4 heterocycles. The number of benzene rings is 2. The summed E-state index contributed by atoms with van der Waals surface area (Å²) in [5, 5.41) is 10.3. The van der Waals surface area contributed by atoms with Crippen molar-refractivity contribution in [2.45, 2.75) is 32.0 Å². The number of anilines is 2. The van der Waals surface area contributed by atoms with E-state index in [1.807, 2.05) is 13.0 Å². The predicted molar refractivity (Wildman–Crippen MR) is 159 cm³/mol. The molecule has 0 saturated carbocycles. The summed E-state index contributed by atoms with van der Waals surface area (Å²) in [6, 6.07) is 13.2. The average molecular weight is 588 g/mol. The van der Waals surface area contributed by atoms with Gasteiger partial charge in [-0.05, 0) is 86.8 Å². The zero-order valence-electron chi connectivity index (χ0n) is 23.8. The minimum absolute atomic E-state index is 0.0828. The number of hydrogen-bond donors (Lipinski definition) is 2. The SMILES string of the molecule is Cc1ccc(C(=O)Nc2ccc(N3CCN(C4CCNCC4)CC3)c(C(F)(F)F)c2)cc1C#Cc1cnc2cccnn12. The Morgan fingerprint density at radius 2 is 1.81 bits per heavy atom. The van der Waals surface area contributed by atoms with Gasteiger partial charge in [0.1, 0.15) is 5.69 Å². The fraction of sp³-hybridized carbons (Fsp3) is 0.344. The van der Waals surface area contributed by atoms with E-state index in [0.29, 0.717) is 36.0 Å². The Hall–Kier alpha value is -4.40. The highest BCUT2D eigenvalue weighted by Crippen LogP contribution is 2.39. The van der Waals surface area contributed by atoms with E-state index in [4.69, 9.17) is 0 Å². The molecule has 222 valence electrons. The van der Waals surface area contributed by atoms with Crippen LogP contribution in [0.4, 0.5) is 24.5 Å². The van der Waals surface area contributed by atoms with Gasteiger partial charge in [-0.15, -0.1) is 0 Å². The predicted octanol–water partition coefficient (Wildman–Crippen LogP) is 4.58. The third-order valence-electron chi connectivity index (χ3n) is 8.14. The first-order chi connectivity index (χ1) is 20.8. The zero-order chi connectivity index (χ0) is 30.0. The van der Waals surface area contributed by atoms with Crippen LogP contribution in [0.1, 0.15) is 45.6 Å². The lowest BCUT2D eigenvalue weighted by Gasteiger charge is -2.42. The number of carbonyl (C=O) groups is 1. The van der Waals surface area contributed by atoms with Crippen molar-refractivity contribution in [1.82, 2.24) is 24.8 Å². The standard InChI is InChI=1S/C32H32F3N7O/c1-22-4-5-24(19-23(22)6-8-27-21-37-30-3-2-12-38-42(27)30)31(43)39-25-7-9-29(28(20-25)32(33,34)35)41-17-15-40(16-18-41)26-10-13-36-14-11-26/h2-5,7,9,12,19-21,26,36H,10-11,13-18H2,1H3,(H,39,43). The number of aryl methyl sites for hydroxylation is 1. The molecule has 2 saturated heterocycles. The summed E-state index contributed by atoms with van der Waals surface area (Å²) in [5.74, 6) is 5.60. The number of imidazole rings is 1. The molecule has 2 aromatic carbocycles. The molecule has 2 N–H and O–H groups in total. The molecule has 2 aliphatic heterocycles. The monoisotopic (exact) mass is 587 g/mol. The van der Waals surface area contributed by atoms with Gasteiger partial charge in [-0.3, -0.25) is 9.69 Å². The number of rotatable bonds is 4. The van der Waals surface area contributed by atoms with Crippen molar-refractivity contribution in [3.8, 4) is 11.8 Å². The molecular weight excluding hydrogens is 555 g/mol. The Morgan fingerprint density at radius 3 is 2.58 bits per heavy atom. The van der Waals surface area contributed by atoms with E-state index in [9.17, 15) is 18.0 Å². The van der Waals surface area contributed by atoms with Crippen LogP contribution < -0.4 is 15.5 Å². The summed E-state index contributed by atoms with van der Waals surface area (Å²) in [5.41, 5.74) is 2.50. The number of alkyl halides is 3. The number of hydrogen-bond acceptors (Lipinski definition) is 6. The maximum absolute atomic E-state index is 14.2. The van der Waals surface area contributed by atoms with E-state index >= 15 is 0 Å². The Balaban J connectivity index is 1.18. The quantitative estimate of drug-likeness (QED) is 0.341. The highest BCUT2D eigenvalue weighted by atomic mass is 19.4. The second-order valence-electron chi connectivity index (χ2n) is 10.9. The van der Waals surface area contributed by atoms with Gasteiger partial charge in [-0.2, -0.15) is 18.3 Å². The van der Waals surface area contributed by atoms with Crippen molar-refractivity contribution in [3.63, 3.8) is 0 Å². The minimum atomic E-state index is -4.57. The van der Waals surface area contributed by atoms with E-state index in [2.05, 4.69) is 37.5 Å². The van der Waals surface area contributed by atoms with Gasteiger partial charge in [-0.1, -0.05) is 12.0 Å². The molecular formula is C32H32F3N7O. The molecule has 2 aromatic heterocycles. The first kappa shape index (κ1) is 28.7. The summed E-state index contributed by atoms with van der Waals surface area (Å²) >= 11 is 0. The lowest BCUT2D eigenvalue weighted by atomic mass is 10.0. The molecule has 2 aliphatic rings. The summed E-state index contributed by atoms with van der Waals surface area (Å²) in [4.78, 5) is 21.6. The first-order valence-corrected chi connectivity index (χ1v) is 14.4. The lowest BCUT2D eigenvalue weighted by Crippen LogP contribution is -2.53. The zero-order valence-corrected chi connectivity index (χ0v) is 23.8. The van der Waals surface area contributed by atoms with Crippen molar-refractivity contribution in [3.05, 3.63) is 88.9 Å². The molecule has 0 bridgehead atoms.